The van der Waals surface area contributed by atoms with Crippen LogP contribution >= 0.6 is 11.3 Å². The maximum absolute atomic E-state index is 11.9. The molecule has 7 heteroatoms. The predicted molar refractivity (Wildman–Crippen MR) is 82.3 cm³/mol. The predicted octanol–water partition coefficient (Wildman–Crippen LogP) is 2.26. The molecule has 2 aromatic rings. The van der Waals surface area contributed by atoms with Gasteiger partial charge in [-0.25, -0.2) is 0 Å². The Morgan fingerprint density at radius 1 is 1.43 bits per heavy atom. The topological polar surface area (TPSA) is 71.3 Å². The van der Waals surface area contributed by atoms with Gasteiger partial charge in [0.25, 0.3) is 0 Å². The molecule has 0 saturated carbocycles. The zero-order valence-electron chi connectivity index (χ0n) is 12.3. The van der Waals surface area contributed by atoms with E-state index in [0.29, 0.717) is 12.4 Å². The second-order valence-corrected chi connectivity index (χ2v) is 5.48. The van der Waals surface area contributed by atoms with Crippen LogP contribution in [0.1, 0.15) is 31.0 Å². The number of nitrogens with zero attached hydrogens (tertiary/aromatic N) is 3. The lowest BCUT2D eigenvalue weighted by Gasteiger charge is -2.17. The number of nitrogens with one attached hydrogen (secondary N) is 1. The zero-order valence-corrected chi connectivity index (χ0v) is 13.2. The van der Waals surface area contributed by atoms with Crippen molar-refractivity contribution < 1.29 is 9.32 Å². The van der Waals surface area contributed by atoms with Gasteiger partial charge in [0.1, 0.15) is 0 Å². The molecule has 21 heavy (non-hydrogen) atoms. The molecular formula is C14H20N4O2S. The first-order valence-electron chi connectivity index (χ1n) is 7.12. The molecule has 0 fully saturated rings. The number of thiophene rings is 1. The van der Waals surface area contributed by atoms with Crippen molar-refractivity contribution in [2.45, 2.75) is 20.3 Å². The van der Waals surface area contributed by atoms with E-state index < -0.39 is 0 Å². The molecule has 0 aliphatic rings. The summed E-state index contributed by atoms with van der Waals surface area (Å²) in [5, 5.41) is 8.55. The van der Waals surface area contributed by atoms with Crippen molar-refractivity contribution in [3.05, 3.63) is 23.4 Å². The van der Waals surface area contributed by atoms with Crippen molar-refractivity contribution >= 4 is 17.2 Å². The van der Waals surface area contributed by atoms with Gasteiger partial charge in [-0.05, 0) is 37.5 Å². The lowest BCUT2D eigenvalue weighted by Crippen LogP contribution is -2.30. The van der Waals surface area contributed by atoms with Gasteiger partial charge in [0, 0.05) is 6.54 Å². The van der Waals surface area contributed by atoms with Crippen molar-refractivity contribution in [3.8, 4) is 10.7 Å². The number of amides is 1. The fourth-order valence-corrected chi connectivity index (χ4v) is 2.59. The molecule has 0 atom stereocenters. The van der Waals surface area contributed by atoms with Gasteiger partial charge in [0.05, 0.1) is 4.88 Å². The summed E-state index contributed by atoms with van der Waals surface area (Å²) >= 11 is 1.51. The lowest BCUT2D eigenvalue weighted by atomic mass is 10.3. The number of hydrogen-bond donors (Lipinski definition) is 1. The molecular weight excluding hydrogens is 288 g/mol. The maximum Gasteiger partial charge on any atom is 0.316 e. The molecule has 0 saturated heterocycles. The van der Waals surface area contributed by atoms with Gasteiger partial charge in [-0.3, -0.25) is 4.79 Å². The Labute approximate surface area is 128 Å². The van der Waals surface area contributed by atoms with E-state index in [2.05, 4.69) is 34.2 Å². The van der Waals surface area contributed by atoms with Gasteiger partial charge < -0.3 is 14.7 Å². The van der Waals surface area contributed by atoms with Crippen molar-refractivity contribution in [1.29, 1.82) is 0 Å². The summed E-state index contributed by atoms with van der Waals surface area (Å²) < 4.78 is 4.99. The number of aromatic nitrogens is 2. The van der Waals surface area contributed by atoms with Crippen LogP contribution in [-0.2, 0) is 0 Å². The van der Waals surface area contributed by atoms with Crippen LogP contribution in [0.25, 0.3) is 10.7 Å². The summed E-state index contributed by atoms with van der Waals surface area (Å²) in [7, 11) is 0. The third kappa shape index (κ3) is 4.37. The summed E-state index contributed by atoms with van der Waals surface area (Å²) in [5.74, 6) is 0.157. The summed E-state index contributed by atoms with van der Waals surface area (Å²) in [6.45, 7) is 7.89. The third-order valence-electron chi connectivity index (χ3n) is 3.19. The van der Waals surface area contributed by atoms with Gasteiger partial charge in [0.2, 0.25) is 5.82 Å². The lowest BCUT2D eigenvalue weighted by molar-refractivity contribution is 0.0908. The van der Waals surface area contributed by atoms with Crippen molar-refractivity contribution in [1.82, 2.24) is 20.4 Å². The normalized spacial score (nSPS) is 11.0. The molecule has 2 rings (SSSR count). The molecule has 0 unspecified atom stereocenters. The second kappa shape index (κ2) is 7.90. The zero-order chi connectivity index (χ0) is 15.1. The third-order valence-corrected chi connectivity index (χ3v) is 4.06. The standard InChI is InChI=1S/C14H20N4O2S/c1-3-18(4-2)9-6-8-15-13(19)14-16-12(17-20-14)11-7-5-10-21-11/h5,7,10H,3-4,6,8-9H2,1-2H3,(H,15,19). The fraction of sp³-hybridized carbons (Fsp3) is 0.500. The molecule has 0 spiro atoms. The minimum Gasteiger partial charge on any atom is -0.348 e. The van der Waals surface area contributed by atoms with Gasteiger partial charge in [-0.1, -0.05) is 25.1 Å². The van der Waals surface area contributed by atoms with Crippen LogP contribution in [0, 0.1) is 0 Å². The van der Waals surface area contributed by atoms with E-state index in [4.69, 9.17) is 4.52 Å². The van der Waals surface area contributed by atoms with Gasteiger partial charge in [0.15, 0.2) is 0 Å². The average Bonchev–Trinajstić information content (AvgIpc) is 3.17. The Morgan fingerprint density at radius 3 is 2.90 bits per heavy atom. The van der Waals surface area contributed by atoms with Gasteiger partial charge >= 0.3 is 11.8 Å². The van der Waals surface area contributed by atoms with E-state index in [-0.39, 0.29) is 11.8 Å². The molecule has 2 heterocycles. The molecule has 114 valence electrons. The van der Waals surface area contributed by atoms with Crippen LogP contribution in [0.4, 0.5) is 0 Å². The Morgan fingerprint density at radius 2 is 2.24 bits per heavy atom. The minimum atomic E-state index is -0.315. The first-order chi connectivity index (χ1) is 10.2. The minimum absolute atomic E-state index is 0.0150. The molecule has 0 bridgehead atoms. The number of hydrogen-bond acceptors (Lipinski definition) is 6. The molecule has 1 N–H and O–H groups in total. The highest BCUT2D eigenvalue weighted by Crippen LogP contribution is 2.21. The van der Waals surface area contributed by atoms with Gasteiger partial charge in [-0.2, -0.15) is 4.98 Å². The maximum atomic E-state index is 11.9. The molecule has 0 aromatic carbocycles. The molecule has 0 aliphatic heterocycles. The van der Waals surface area contributed by atoms with Crippen LogP contribution in [0.2, 0.25) is 0 Å². The van der Waals surface area contributed by atoms with E-state index in [1.54, 1.807) is 0 Å². The Bertz CT molecular complexity index is 549. The van der Waals surface area contributed by atoms with Crippen molar-refractivity contribution in [2.75, 3.05) is 26.2 Å². The van der Waals surface area contributed by atoms with Crippen LogP contribution in [0.5, 0.6) is 0 Å². The Kier molecular flexibility index (Phi) is 5.89. The number of carbonyl (C=O) groups is 1. The second-order valence-electron chi connectivity index (χ2n) is 4.54. The SMILES string of the molecule is CCN(CC)CCCNC(=O)c1nc(-c2cccs2)no1. The Balaban J connectivity index is 1.79. The summed E-state index contributed by atoms with van der Waals surface area (Å²) in [4.78, 5) is 19.2. The van der Waals surface area contributed by atoms with Gasteiger partial charge in [-0.15, -0.1) is 11.3 Å². The van der Waals surface area contributed by atoms with Crippen LogP contribution < -0.4 is 5.32 Å². The van der Waals surface area contributed by atoms with E-state index in [0.717, 1.165) is 30.9 Å². The van der Waals surface area contributed by atoms with Crippen molar-refractivity contribution in [2.24, 2.45) is 0 Å². The summed E-state index contributed by atoms with van der Waals surface area (Å²) in [6.07, 6.45) is 0.902. The van der Waals surface area contributed by atoms with Crippen molar-refractivity contribution in [3.63, 3.8) is 0 Å². The highest BCUT2D eigenvalue weighted by atomic mass is 32.1. The number of rotatable bonds is 8. The van der Waals surface area contributed by atoms with Crippen LogP contribution in [-0.4, -0.2) is 47.1 Å². The van der Waals surface area contributed by atoms with E-state index in [1.165, 1.54) is 11.3 Å². The monoisotopic (exact) mass is 308 g/mol. The molecule has 2 aromatic heterocycles. The van der Waals surface area contributed by atoms with Crippen LogP contribution in [0.3, 0.4) is 0 Å². The largest absolute Gasteiger partial charge is 0.348 e. The van der Waals surface area contributed by atoms with E-state index >= 15 is 0 Å². The number of carbonyl (C=O) groups excluding carboxylic acids is 1. The Hall–Kier alpha value is -1.73. The van der Waals surface area contributed by atoms with E-state index in [1.807, 2.05) is 17.5 Å². The highest BCUT2D eigenvalue weighted by Gasteiger charge is 2.16. The summed E-state index contributed by atoms with van der Waals surface area (Å²) in [6, 6.07) is 3.80. The van der Waals surface area contributed by atoms with E-state index in [9.17, 15) is 4.79 Å². The average molecular weight is 308 g/mol. The highest BCUT2D eigenvalue weighted by molar-refractivity contribution is 7.13. The first-order valence-corrected chi connectivity index (χ1v) is 8.00. The quantitative estimate of drug-likeness (QED) is 0.757. The smallest absolute Gasteiger partial charge is 0.316 e. The molecule has 0 aliphatic carbocycles. The van der Waals surface area contributed by atoms with Crippen LogP contribution in [0.15, 0.2) is 22.0 Å². The summed E-state index contributed by atoms with van der Waals surface area (Å²) in [5.41, 5.74) is 0. The molecule has 6 nitrogen and oxygen atoms in total. The molecule has 0 radical (unpaired) electrons. The fourth-order valence-electron chi connectivity index (χ4n) is 1.94. The molecule has 1 amide bonds. The first kappa shape index (κ1) is 15.7.